The Morgan fingerprint density at radius 3 is 2.42 bits per heavy atom. The van der Waals surface area contributed by atoms with Gasteiger partial charge in [0.2, 0.25) is 8.32 Å². The average molecular weight is 300 g/mol. The molecule has 0 radical (unpaired) electrons. The summed E-state index contributed by atoms with van der Waals surface area (Å²) in [5.41, 5.74) is 0.947. The molecule has 108 valence electrons. The number of aromatic amines is 1. The summed E-state index contributed by atoms with van der Waals surface area (Å²) in [5.74, 6) is -0.142. The Bertz CT molecular complexity index is 408. The van der Waals surface area contributed by atoms with Crippen LogP contribution in [0.5, 0.6) is 0 Å². The highest BCUT2D eigenvalue weighted by molar-refractivity contribution is 6.74. The third-order valence-corrected chi connectivity index (χ3v) is 4.31. The lowest BCUT2D eigenvalue weighted by atomic mass is 10.2. The molecule has 0 amide bonds. The van der Waals surface area contributed by atoms with Gasteiger partial charge in [0.15, 0.2) is 0 Å². The van der Waals surface area contributed by atoms with E-state index in [9.17, 15) is 4.79 Å². The Morgan fingerprint density at radius 2 is 2.00 bits per heavy atom. The lowest BCUT2D eigenvalue weighted by Crippen LogP contribution is -2.54. The fourth-order valence-electron chi connectivity index (χ4n) is 1.71. The molecular weight excluding hydrogens is 274 g/mol. The zero-order valence-electron chi connectivity index (χ0n) is 12.7. The van der Waals surface area contributed by atoms with Gasteiger partial charge in [-0.2, -0.15) is 0 Å². The molecule has 0 spiro atoms. The molecule has 0 aliphatic carbocycles. The highest BCUT2D eigenvalue weighted by atomic mass is 28.4. The molecule has 5 nitrogen and oxygen atoms in total. The normalized spacial score (nSPS) is 14.2. The van der Waals surface area contributed by atoms with E-state index in [2.05, 4.69) is 34.6 Å². The number of hydrogen-bond donors (Lipinski definition) is 2. The Balaban J connectivity index is 2.77. The number of imidazole rings is 1. The molecule has 0 aliphatic heterocycles. The van der Waals surface area contributed by atoms with Gasteiger partial charge in [0.05, 0.1) is 6.33 Å². The molecule has 0 saturated carbocycles. The summed E-state index contributed by atoms with van der Waals surface area (Å²) in [7, 11) is -3.42. The second-order valence-corrected chi connectivity index (χ2v) is 16.0. The summed E-state index contributed by atoms with van der Waals surface area (Å²) in [6.45, 7) is 12.6. The monoisotopic (exact) mass is 299 g/mol. The van der Waals surface area contributed by atoms with Gasteiger partial charge in [0, 0.05) is 18.3 Å². The maximum absolute atomic E-state index is 12.3. The number of nitrogens with one attached hydrogen (secondary N) is 2. The van der Waals surface area contributed by atoms with Gasteiger partial charge in [-0.3, -0.25) is 4.79 Å². The van der Waals surface area contributed by atoms with Gasteiger partial charge in [-0.05, 0) is 19.6 Å². The maximum atomic E-state index is 12.3. The average Bonchev–Trinajstić information content (AvgIpc) is 2.64. The zero-order chi connectivity index (χ0) is 14.7. The van der Waals surface area contributed by atoms with Gasteiger partial charge in [0.25, 0.3) is 0 Å². The smallest absolute Gasteiger partial charge is 0.309 e. The van der Waals surface area contributed by atoms with Crippen molar-refractivity contribution >= 4 is 22.5 Å². The molecule has 0 saturated heterocycles. The highest BCUT2D eigenvalue weighted by Gasteiger charge is 2.30. The summed E-state index contributed by atoms with van der Waals surface area (Å²) >= 11 is 0. The Hall–Kier alpha value is -0.926. The van der Waals surface area contributed by atoms with Crippen LogP contribution < -0.4 is 4.98 Å². The second-order valence-electron chi connectivity index (χ2n) is 6.76. The molecule has 1 heterocycles. The molecule has 7 heteroatoms. The molecule has 2 N–H and O–H groups in total. The van der Waals surface area contributed by atoms with Gasteiger partial charge in [-0.15, -0.1) is 0 Å². The van der Waals surface area contributed by atoms with Crippen molar-refractivity contribution in [1.29, 1.82) is 0 Å². The van der Waals surface area contributed by atoms with Crippen LogP contribution in [0.1, 0.15) is 5.69 Å². The number of nitrogens with zero attached hydrogens (tertiary/aromatic N) is 1. The van der Waals surface area contributed by atoms with Crippen LogP contribution in [-0.4, -0.2) is 38.5 Å². The zero-order valence-corrected chi connectivity index (χ0v) is 14.7. The minimum atomic E-state index is -1.86. The molecule has 19 heavy (non-hydrogen) atoms. The van der Waals surface area contributed by atoms with E-state index in [1.54, 1.807) is 12.5 Å². The lowest BCUT2D eigenvalue weighted by Gasteiger charge is -2.28. The maximum Gasteiger partial charge on any atom is 0.309 e. The summed E-state index contributed by atoms with van der Waals surface area (Å²) in [6, 6.07) is -0.293. The first-order valence-corrected chi connectivity index (χ1v) is 13.5. The van der Waals surface area contributed by atoms with Crippen LogP contribution in [0.2, 0.25) is 39.3 Å². The first-order chi connectivity index (χ1) is 8.57. The van der Waals surface area contributed by atoms with E-state index in [4.69, 9.17) is 4.43 Å². The van der Waals surface area contributed by atoms with E-state index in [1.165, 1.54) is 0 Å². The minimum Gasteiger partial charge on any atom is -0.519 e. The van der Waals surface area contributed by atoms with Gasteiger partial charge >= 0.3 is 5.97 Å². The SMILES string of the molecule is C[Si](C)(C)NC(Cc1cnc[nH]1)C(=O)O[Si](C)(C)C. The van der Waals surface area contributed by atoms with Crippen molar-refractivity contribution in [3.05, 3.63) is 18.2 Å². The predicted molar refractivity (Wildman–Crippen MR) is 82.0 cm³/mol. The summed E-state index contributed by atoms with van der Waals surface area (Å²) in [5, 5.41) is 0. The standard InChI is InChI=1S/C12H25N3O2Si2/c1-18(2,3)15-11(7-10-8-13-9-14-10)12(16)17-19(4,5)6/h8-9,11,15H,7H2,1-6H3,(H,13,14). The molecule has 1 rings (SSSR count). The van der Waals surface area contributed by atoms with Gasteiger partial charge < -0.3 is 14.4 Å². The third-order valence-electron chi connectivity index (χ3n) is 2.28. The Morgan fingerprint density at radius 1 is 1.37 bits per heavy atom. The van der Waals surface area contributed by atoms with Crippen molar-refractivity contribution < 1.29 is 9.22 Å². The van der Waals surface area contributed by atoms with Crippen LogP contribution in [0.25, 0.3) is 0 Å². The van der Waals surface area contributed by atoms with Crippen molar-refractivity contribution in [2.24, 2.45) is 0 Å². The molecule has 1 unspecified atom stereocenters. The van der Waals surface area contributed by atoms with Crippen LogP contribution in [0.3, 0.4) is 0 Å². The first-order valence-electron chi connectivity index (χ1n) is 6.55. The second kappa shape index (κ2) is 6.02. The minimum absolute atomic E-state index is 0.142. The highest BCUT2D eigenvalue weighted by Crippen LogP contribution is 2.10. The number of hydrogen-bond acceptors (Lipinski definition) is 4. The van der Waals surface area contributed by atoms with E-state index >= 15 is 0 Å². The molecule has 0 bridgehead atoms. The Labute approximate surface area is 117 Å². The predicted octanol–water partition coefficient (Wildman–Crippen LogP) is 2.12. The largest absolute Gasteiger partial charge is 0.519 e. The molecule has 1 aromatic rings. The number of carbonyl (C=O) groups excluding carboxylic acids is 1. The number of H-pyrrole nitrogens is 1. The van der Waals surface area contributed by atoms with Crippen molar-refractivity contribution in [1.82, 2.24) is 15.0 Å². The van der Waals surface area contributed by atoms with E-state index in [-0.39, 0.29) is 12.0 Å². The molecule has 0 aliphatic rings. The van der Waals surface area contributed by atoms with Gasteiger partial charge in [0.1, 0.15) is 14.3 Å². The molecule has 1 aromatic heterocycles. The van der Waals surface area contributed by atoms with E-state index in [0.29, 0.717) is 6.42 Å². The summed E-state index contributed by atoms with van der Waals surface area (Å²) in [6.07, 6.45) is 3.97. The van der Waals surface area contributed by atoms with Gasteiger partial charge in [-0.25, -0.2) is 4.98 Å². The summed E-state index contributed by atoms with van der Waals surface area (Å²) in [4.78, 5) is 22.8. The van der Waals surface area contributed by atoms with Crippen molar-refractivity contribution in [3.8, 4) is 0 Å². The van der Waals surface area contributed by atoms with Crippen molar-refractivity contribution in [3.63, 3.8) is 0 Å². The molecule has 1 atom stereocenters. The van der Waals surface area contributed by atoms with Gasteiger partial charge in [-0.1, -0.05) is 19.6 Å². The quantitative estimate of drug-likeness (QED) is 0.790. The first kappa shape index (κ1) is 16.1. The lowest BCUT2D eigenvalue weighted by molar-refractivity contribution is -0.137. The fraction of sp³-hybridized carbons (Fsp3) is 0.667. The van der Waals surface area contributed by atoms with Crippen LogP contribution in [0.4, 0.5) is 0 Å². The molecular formula is C12H25N3O2Si2. The van der Waals surface area contributed by atoms with E-state index < -0.39 is 16.6 Å². The number of carbonyl (C=O) groups is 1. The topological polar surface area (TPSA) is 67.0 Å². The van der Waals surface area contributed by atoms with E-state index in [0.717, 1.165) is 5.69 Å². The van der Waals surface area contributed by atoms with Crippen molar-refractivity contribution in [2.75, 3.05) is 0 Å². The number of aromatic nitrogens is 2. The van der Waals surface area contributed by atoms with Crippen LogP contribution >= 0.6 is 0 Å². The van der Waals surface area contributed by atoms with Crippen LogP contribution in [0.15, 0.2) is 12.5 Å². The third kappa shape index (κ3) is 6.69. The Kier molecular flexibility index (Phi) is 5.11. The molecule has 0 fully saturated rings. The summed E-state index contributed by atoms with van der Waals surface area (Å²) < 4.78 is 5.62. The number of rotatable bonds is 6. The van der Waals surface area contributed by atoms with E-state index in [1.807, 2.05) is 19.6 Å². The fourth-order valence-corrected chi connectivity index (χ4v) is 3.72. The van der Waals surface area contributed by atoms with Crippen LogP contribution in [0, 0.1) is 0 Å². The van der Waals surface area contributed by atoms with Crippen LogP contribution in [-0.2, 0) is 15.6 Å². The molecule has 0 aromatic carbocycles. The van der Waals surface area contributed by atoms with Crippen molar-refractivity contribution in [2.45, 2.75) is 51.7 Å².